The molecule has 1 N–H and O–H groups in total. The molecule has 1 aromatic carbocycles. The Hall–Kier alpha value is -1.42. The van der Waals surface area contributed by atoms with Gasteiger partial charge in [0.15, 0.2) is 0 Å². The topological polar surface area (TPSA) is 32.3 Å². The molecule has 1 unspecified atom stereocenters. The van der Waals surface area contributed by atoms with Crippen molar-refractivity contribution in [3.63, 3.8) is 0 Å². The summed E-state index contributed by atoms with van der Waals surface area (Å²) in [6.45, 7) is 2.11. The summed E-state index contributed by atoms with van der Waals surface area (Å²) >= 11 is 0. The Bertz CT molecular complexity index is 548. The number of amides is 1. The van der Waals surface area contributed by atoms with Crippen LogP contribution in [0.3, 0.4) is 0 Å². The van der Waals surface area contributed by atoms with E-state index in [1.807, 2.05) is 0 Å². The largest absolute Gasteiger partial charge is 0.351 e. The highest BCUT2D eigenvalue weighted by Gasteiger charge is 2.52. The lowest BCUT2D eigenvalue weighted by Gasteiger charge is -2.20. The van der Waals surface area contributed by atoms with E-state index in [-0.39, 0.29) is 23.2 Å². The number of nitrogens with one attached hydrogen (secondary N) is 1. The molecule has 3 aliphatic rings. The van der Waals surface area contributed by atoms with E-state index in [2.05, 4.69) is 10.2 Å². The molecule has 3 nitrogen and oxygen atoms in total. The van der Waals surface area contributed by atoms with Crippen LogP contribution in [0.1, 0.15) is 37.7 Å². The van der Waals surface area contributed by atoms with Gasteiger partial charge in [-0.3, -0.25) is 9.69 Å². The van der Waals surface area contributed by atoms with Gasteiger partial charge in [-0.15, -0.1) is 0 Å². The molecule has 0 aromatic heterocycles. The normalized spacial score (nSPS) is 27.6. The minimum atomic E-state index is -0.388. The van der Waals surface area contributed by atoms with E-state index < -0.39 is 0 Å². The smallest absolute Gasteiger partial charge is 0.230 e. The van der Waals surface area contributed by atoms with E-state index in [4.69, 9.17) is 0 Å². The number of halogens is 1. The second-order valence-corrected chi connectivity index (χ2v) is 6.77. The van der Waals surface area contributed by atoms with Gasteiger partial charge in [-0.25, -0.2) is 4.39 Å². The van der Waals surface area contributed by atoms with Gasteiger partial charge < -0.3 is 5.32 Å². The van der Waals surface area contributed by atoms with Crippen LogP contribution < -0.4 is 5.32 Å². The van der Waals surface area contributed by atoms with Crippen molar-refractivity contribution in [2.24, 2.45) is 0 Å². The second-order valence-electron chi connectivity index (χ2n) is 6.77. The molecule has 1 amide bonds. The van der Waals surface area contributed by atoms with E-state index in [0.29, 0.717) is 0 Å². The third kappa shape index (κ3) is 2.46. The number of hydrogen-bond acceptors (Lipinski definition) is 2. The molecule has 4 rings (SSSR count). The molecule has 21 heavy (non-hydrogen) atoms. The molecule has 1 saturated heterocycles. The highest BCUT2D eigenvalue weighted by atomic mass is 19.1. The summed E-state index contributed by atoms with van der Waals surface area (Å²) in [7, 11) is 0. The number of likely N-dealkylation sites (tertiary alicyclic amines) is 1. The van der Waals surface area contributed by atoms with Gasteiger partial charge in [0.05, 0.1) is 5.41 Å². The molecule has 2 saturated carbocycles. The van der Waals surface area contributed by atoms with Crippen molar-refractivity contribution >= 4 is 5.91 Å². The van der Waals surface area contributed by atoms with Crippen LogP contribution in [0.25, 0.3) is 0 Å². The molecule has 1 heterocycles. The average Bonchev–Trinajstić information content (AvgIpc) is 3.39. The first-order chi connectivity index (χ1) is 10.2. The number of rotatable bonds is 4. The molecule has 3 fully saturated rings. The minimum Gasteiger partial charge on any atom is -0.351 e. The third-order valence-electron chi connectivity index (χ3n) is 5.20. The Labute approximate surface area is 124 Å². The summed E-state index contributed by atoms with van der Waals surface area (Å²) < 4.78 is 13.0. The first-order valence-corrected chi connectivity index (χ1v) is 7.98. The van der Waals surface area contributed by atoms with Crippen molar-refractivity contribution in [2.75, 3.05) is 13.1 Å². The van der Waals surface area contributed by atoms with Crippen LogP contribution in [-0.2, 0) is 10.2 Å². The van der Waals surface area contributed by atoms with Gasteiger partial charge in [0.2, 0.25) is 5.91 Å². The van der Waals surface area contributed by atoms with Crippen LogP contribution in [0.15, 0.2) is 24.3 Å². The predicted molar refractivity (Wildman–Crippen MR) is 78.5 cm³/mol. The van der Waals surface area contributed by atoms with E-state index in [1.54, 1.807) is 12.1 Å². The number of carbonyl (C=O) groups excluding carboxylic acids is 1. The van der Waals surface area contributed by atoms with Crippen molar-refractivity contribution in [2.45, 2.75) is 49.6 Å². The maximum absolute atomic E-state index is 13.0. The van der Waals surface area contributed by atoms with Crippen LogP contribution in [0, 0.1) is 5.82 Å². The van der Waals surface area contributed by atoms with Crippen molar-refractivity contribution < 1.29 is 9.18 Å². The van der Waals surface area contributed by atoms with E-state index in [1.165, 1.54) is 25.0 Å². The van der Waals surface area contributed by atoms with Gasteiger partial charge in [0.25, 0.3) is 0 Å². The Kier molecular flexibility index (Phi) is 3.03. The standard InChI is InChI=1S/C17H21FN2O/c18-13-3-1-12(2-4-13)17(8-9-17)16(21)19-14-7-10-20(11-14)15-5-6-15/h1-4,14-15H,5-11H2,(H,19,21). The van der Waals surface area contributed by atoms with Crippen LogP contribution in [0.4, 0.5) is 4.39 Å². The molecular formula is C17H21FN2O. The highest BCUT2D eigenvalue weighted by molar-refractivity contribution is 5.91. The summed E-state index contributed by atoms with van der Waals surface area (Å²) in [5.74, 6) is -0.109. The number of carbonyl (C=O) groups is 1. The maximum Gasteiger partial charge on any atom is 0.230 e. The van der Waals surface area contributed by atoms with Gasteiger partial charge in [-0.05, 0) is 49.8 Å². The molecule has 1 atom stereocenters. The predicted octanol–water partition coefficient (Wildman–Crippen LogP) is 2.21. The lowest BCUT2D eigenvalue weighted by molar-refractivity contribution is -0.124. The molecule has 112 valence electrons. The molecule has 0 bridgehead atoms. The SMILES string of the molecule is O=C(NC1CCN(C2CC2)C1)C1(c2ccc(F)cc2)CC1. The van der Waals surface area contributed by atoms with Gasteiger partial charge in [0, 0.05) is 25.2 Å². The Balaban J connectivity index is 1.41. The zero-order chi connectivity index (χ0) is 14.4. The number of benzene rings is 1. The van der Waals surface area contributed by atoms with E-state index in [0.717, 1.165) is 44.0 Å². The van der Waals surface area contributed by atoms with Crippen LogP contribution >= 0.6 is 0 Å². The Morgan fingerprint density at radius 3 is 2.52 bits per heavy atom. The van der Waals surface area contributed by atoms with E-state index >= 15 is 0 Å². The van der Waals surface area contributed by atoms with Gasteiger partial charge in [0.1, 0.15) is 5.82 Å². The zero-order valence-electron chi connectivity index (χ0n) is 12.1. The molecule has 0 radical (unpaired) electrons. The monoisotopic (exact) mass is 288 g/mol. The summed E-state index contributed by atoms with van der Waals surface area (Å²) in [5, 5.41) is 3.23. The molecular weight excluding hydrogens is 267 g/mol. The van der Waals surface area contributed by atoms with Crippen LogP contribution in [-0.4, -0.2) is 36.0 Å². The lowest BCUT2D eigenvalue weighted by atomic mass is 9.94. The van der Waals surface area contributed by atoms with Gasteiger partial charge in [-0.1, -0.05) is 12.1 Å². The maximum atomic E-state index is 13.0. The fourth-order valence-corrected chi connectivity index (χ4v) is 3.54. The first kappa shape index (κ1) is 13.3. The number of nitrogens with zero attached hydrogens (tertiary/aromatic N) is 1. The first-order valence-electron chi connectivity index (χ1n) is 7.98. The summed E-state index contributed by atoms with van der Waals surface area (Å²) in [4.78, 5) is 15.1. The van der Waals surface area contributed by atoms with Gasteiger partial charge in [-0.2, -0.15) is 0 Å². The lowest BCUT2D eigenvalue weighted by Crippen LogP contribution is -2.43. The molecule has 2 aliphatic carbocycles. The molecule has 1 aliphatic heterocycles. The molecule has 1 aromatic rings. The summed E-state index contributed by atoms with van der Waals surface area (Å²) in [6.07, 6.45) is 5.45. The van der Waals surface area contributed by atoms with Crippen molar-refractivity contribution in [1.82, 2.24) is 10.2 Å². The quantitative estimate of drug-likeness (QED) is 0.921. The number of hydrogen-bond donors (Lipinski definition) is 1. The fraction of sp³-hybridized carbons (Fsp3) is 0.588. The minimum absolute atomic E-state index is 0.136. The van der Waals surface area contributed by atoms with Gasteiger partial charge >= 0.3 is 0 Å². The Morgan fingerprint density at radius 1 is 1.19 bits per heavy atom. The fourth-order valence-electron chi connectivity index (χ4n) is 3.54. The second kappa shape index (κ2) is 4.80. The van der Waals surface area contributed by atoms with Crippen LogP contribution in [0.2, 0.25) is 0 Å². The highest BCUT2D eigenvalue weighted by Crippen LogP contribution is 2.48. The molecule has 4 heteroatoms. The van der Waals surface area contributed by atoms with E-state index in [9.17, 15) is 9.18 Å². The third-order valence-corrected chi connectivity index (χ3v) is 5.20. The average molecular weight is 288 g/mol. The van der Waals surface area contributed by atoms with Crippen LogP contribution in [0.5, 0.6) is 0 Å². The Morgan fingerprint density at radius 2 is 1.90 bits per heavy atom. The summed E-state index contributed by atoms with van der Waals surface area (Å²) in [5.41, 5.74) is 0.569. The zero-order valence-corrected chi connectivity index (χ0v) is 12.1. The summed E-state index contributed by atoms with van der Waals surface area (Å²) in [6, 6.07) is 7.48. The van der Waals surface area contributed by atoms with Crippen molar-refractivity contribution in [3.05, 3.63) is 35.6 Å². The van der Waals surface area contributed by atoms with Crippen molar-refractivity contribution in [1.29, 1.82) is 0 Å². The van der Waals surface area contributed by atoms with Crippen molar-refractivity contribution in [3.8, 4) is 0 Å². The molecule has 0 spiro atoms.